The van der Waals surface area contributed by atoms with Gasteiger partial charge < -0.3 is 5.73 Å². The quantitative estimate of drug-likeness (QED) is 0.770. The number of nitrogens with zero attached hydrogens (tertiary/aromatic N) is 2. The molecule has 2 heterocycles. The molecule has 0 fully saturated rings. The Morgan fingerprint density at radius 2 is 1.89 bits per heavy atom. The van der Waals surface area contributed by atoms with Crippen LogP contribution in [0.3, 0.4) is 0 Å². The molecule has 19 heavy (non-hydrogen) atoms. The lowest BCUT2D eigenvalue weighted by atomic mass is 10.1. The fraction of sp³-hybridized carbons (Fsp3) is 0.267. The Morgan fingerprint density at radius 1 is 1.21 bits per heavy atom. The van der Waals surface area contributed by atoms with Crippen LogP contribution in [-0.2, 0) is 6.42 Å². The summed E-state index contributed by atoms with van der Waals surface area (Å²) in [5.41, 5.74) is 10.8. The SMILES string of the molecule is CCc1sc2nc(C)c(N)n2c1-c1ccc(C)cc1. The Labute approximate surface area is 116 Å². The van der Waals surface area contributed by atoms with Crippen molar-refractivity contribution in [2.24, 2.45) is 0 Å². The second-order valence-electron chi connectivity index (χ2n) is 4.79. The van der Waals surface area contributed by atoms with Crippen LogP contribution in [0.15, 0.2) is 24.3 Å². The molecule has 3 nitrogen and oxygen atoms in total. The monoisotopic (exact) mass is 271 g/mol. The van der Waals surface area contributed by atoms with E-state index in [-0.39, 0.29) is 0 Å². The fourth-order valence-corrected chi connectivity index (χ4v) is 3.46. The summed E-state index contributed by atoms with van der Waals surface area (Å²) >= 11 is 1.73. The fourth-order valence-electron chi connectivity index (χ4n) is 2.32. The van der Waals surface area contributed by atoms with E-state index in [2.05, 4.69) is 47.5 Å². The van der Waals surface area contributed by atoms with E-state index in [0.29, 0.717) is 0 Å². The Morgan fingerprint density at radius 3 is 2.53 bits per heavy atom. The molecular weight excluding hydrogens is 254 g/mol. The molecule has 2 aromatic heterocycles. The van der Waals surface area contributed by atoms with Gasteiger partial charge in [-0.05, 0) is 25.8 Å². The highest BCUT2D eigenvalue weighted by atomic mass is 32.1. The zero-order chi connectivity index (χ0) is 13.6. The summed E-state index contributed by atoms with van der Waals surface area (Å²) in [5.74, 6) is 0.751. The zero-order valence-corrected chi connectivity index (χ0v) is 12.2. The lowest BCUT2D eigenvalue weighted by Crippen LogP contribution is -1.96. The molecule has 2 N–H and O–H groups in total. The van der Waals surface area contributed by atoms with Gasteiger partial charge in [0.05, 0.1) is 11.4 Å². The summed E-state index contributed by atoms with van der Waals surface area (Å²) in [4.78, 5) is 6.86. The molecule has 0 radical (unpaired) electrons. The van der Waals surface area contributed by atoms with Gasteiger partial charge in [0.25, 0.3) is 0 Å². The van der Waals surface area contributed by atoms with Crippen molar-refractivity contribution in [2.75, 3.05) is 5.73 Å². The topological polar surface area (TPSA) is 43.3 Å². The number of fused-ring (bicyclic) bond motifs is 1. The minimum Gasteiger partial charge on any atom is -0.383 e. The Balaban J connectivity index is 2.33. The molecule has 0 saturated heterocycles. The van der Waals surface area contributed by atoms with Crippen LogP contribution < -0.4 is 5.73 Å². The lowest BCUT2D eigenvalue weighted by molar-refractivity contribution is 1.14. The van der Waals surface area contributed by atoms with Gasteiger partial charge in [0.2, 0.25) is 0 Å². The number of anilines is 1. The van der Waals surface area contributed by atoms with E-state index >= 15 is 0 Å². The van der Waals surface area contributed by atoms with Crippen LogP contribution in [0.5, 0.6) is 0 Å². The molecule has 3 rings (SSSR count). The number of aromatic nitrogens is 2. The second kappa shape index (κ2) is 4.38. The van der Waals surface area contributed by atoms with Gasteiger partial charge >= 0.3 is 0 Å². The molecule has 0 aliphatic rings. The van der Waals surface area contributed by atoms with Crippen molar-refractivity contribution in [1.29, 1.82) is 0 Å². The Hall–Kier alpha value is -1.81. The third-order valence-corrected chi connectivity index (χ3v) is 4.60. The van der Waals surface area contributed by atoms with Crippen molar-refractivity contribution >= 4 is 22.1 Å². The van der Waals surface area contributed by atoms with Gasteiger partial charge in [0.15, 0.2) is 4.96 Å². The molecule has 0 aliphatic heterocycles. The molecule has 0 amide bonds. The van der Waals surface area contributed by atoms with Crippen molar-refractivity contribution in [2.45, 2.75) is 27.2 Å². The maximum atomic E-state index is 6.18. The van der Waals surface area contributed by atoms with Crippen LogP contribution in [0.25, 0.3) is 16.2 Å². The summed E-state index contributed by atoms with van der Waals surface area (Å²) in [5, 5.41) is 0. The average Bonchev–Trinajstić information content (AvgIpc) is 2.88. The van der Waals surface area contributed by atoms with Gasteiger partial charge in [-0.3, -0.25) is 4.40 Å². The molecule has 0 saturated carbocycles. The molecule has 0 aliphatic carbocycles. The summed E-state index contributed by atoms with van der Waals surface area (Å²) in [7, 11) is 0. The molecule has 0 spiro atoms. The molecule has 0 atom stereocenters. The number of rotatable bonds is 2. The van der Waals surface area contributed by atoms with Crippen LogP contribution >= 0.6 is 11.3 Å². The smallest absolute Gasteiger partial charge is 0.196 e. The third-order valence-electron chi connectivity index (χ3n) is 3.41. The maximum absolute atomic E-state index is 6.18. The van der Waals surface area contributed by atoms with E-state index in [0.717, 1.165) is 22.9 Å². The van der Waals surface area contributed by atoms with E-state index in [1.807, 2.05) is 6.92 Å². The molecule has 0 bridgehead atoms. The summed E-state index contributed by atoms with van der Waals surface area (Å²) in [6.45, 7) is 6.23. The first-order valence-electron chi connectivity index (χ1n) is 6.45. The predicted octanol–water partition coefficient (Wildman–Crippen LogP) is 3.82. The highest BCUT2D eigenvalue weighted by molar-refractivity contribution is 7.17. The van der Waals surface area contributed by atoms with Crippen LogP contribution in [0.4, 0.5) is 5.82 Å². The van der Waals surface area contributed by atoms with E-state index in [1.165, 1.54) is 21.7 Å². The van der Waals surface area contributed by atoms with Gasteiger partial charge in [0, 0.05) is 4.88 Å². The van der Waals surface area contributed by atoms with Crippen LogP contribution in [0, 0.1) is 13.8 Å². The largest absolute Gasteiger partial charge is 0.383 e. The third kappa shape index (κ3) is 1.83. The summed E-state index contributed by atoms with van der Waals surface area (Å²) in [6, 6.07) is 8.59. The number of hydrogen-bond donors (Lipinski definition) is 1. The maximum Gasteiger partial charge on any atom is 0.196 e. The highest BCUT2D eigenvalue weighted by Crippen LogP contribution is 2.35. The minimum absolute atomic E-state index is 0.751. The molecular formula is C15H17N3S. The van der Waals surface area contributed by atoms with Gasteiger partial charge in [-0.15, -0.1) is 11.3 Å². The van der Waals surface area contributed by atoms with Gasteiger partial charge in [-0.25, -0.2) is 4.98 Å². The van der Waals surface area contributed by atoms with E-state index in [4.69, 9.17) is 5.73 Å². The molecule has 98 valence electrons. The van der Waals surface area contributed by atoms with E-state index in [9.17, 15) is 0 Å². The second-order valence-corrected chi connectivity index (χ2v) is 5.86. The number of imidazole rings is 1. The van der Waals surface area contributed by atoms with Crippen LogP contribution in [0.1, 0.15) is 23.1 Å². The Kier molecular flexibility index (Phi) is 2.82. The highest BCUT2D eigenvalue weighted by Gasteiger charge is 2.17. The van der Waals surface area contributed by atoms with Crippen molar-refractivity contribution in [3.63, 3.8) is 0 Å². The molecule has 3 aromatic rings. The van der Waals surface area contributed by atoms with Crippen molar-refractivity contribution in [3.8, 4) is 11.3 Å². The number of hydrogen-bond acceptors (Lipinski definition) is 3. The number of aryl methyl sites for hydroxylation is 3. The van der Waals surface area contributed by atoms with Gasteiger partial charge in [0.1, 0.15) is 5.82 Å². The summed E-state index contributed by atoms with van der Waals surface area (Å²) < 4.78 is 2.09. The number of thiazole rings is 1. The Bertz CT molecular complexity index is 735. The van der Waals surface area contributed by atoms with Crippen LogP contribution in [0.2, 0.25) is 0 Å². The van der Waals surface area contributed by atoms with Crippen molar-refractivity contribution in [3.05, 3.63) is 40.4 Å². The lowest BCUT2D eigenvalue weighted by Gasteiger charge is -2.05. The standard InChI is InChI=1S/C15H17N3S/c1-4-12-13(11-7-5-9(2)6-8-11)18-14(16)10(3)17-15(18)19-12/h5-8H,4,16H2,1-3H3. The predicted molar refractivity (Wildman–Crippen MR) is 81.8 cm³/mol. The number of benzene rings is 1. The van der Waals surface area contributed by atoms with Crippen molar-refractivity contribution < 1.29 is 0 Å². The van der Waals surface area contributed by atoms with Gasteiger partial charge in [-0.2, -0.15) is 0 Å². The first-order chi connectivity index (χ1) is 9.11. The summed E-state index contributed by atoms with van der Waals surface area (Å²) in [6.07, 6.45) is 0.996. The van der Waals surface area contributed by atoms with Crippen LogP contribution in [-0.4, -0.2) is 9.38 Å². The normalized spacial score (nSPS) is 11.3. The van der Waals surface area contributed by atoms with E-state index in [1.54, 1.807) is 11.3 Å². The first-order valence-corrected chi connectivity index (χ1v) is 7.26. The molecule has 0 unspecified atom stereocenters. The average molecular weight is 271 g/mol. The number of nitrogen functional groups attached to an aromatic ring is 1. The van der Waals surface area contributed by atoms with E-state index < -0.39 is 0 Å². The zero-order valence-electron chi connectivity index (χ0n) is 11.4. The number of nitrogens with two attached hydrogens (primary N) is 1. The van der Waals surface area contributed by atoms with Crippen molar-refractivity contribution in [1.82, 2.24) is 9.38 Å². The van der Waals surface area contributed by atoms with Gasteiger partial charge in [-0.1, -0.05) is 36.8 Å². The molecule has 1 aromatic carbocycles. The molecule has 4 heteroatoms. The first kappa shape index (κ1) is 12.2. The minimum atomic E-state index is 0.751.